The van der Waals surface area contributed by atoms with Gasteiger partial charge < -0.3 is 0 Å². The van der Waals surface area contributed by atoms with E-state index in [9.17, 15) is 0 Å². The molecule has 1 atom stereocenters. The van der Waals surface area contributed by atoms with Crippen molar-refractivity contribution in [1.29, 1.82) is 0 Å². The van der Waals surface area contributed by atoms with Crippen LogP contribution in [0.1, 0.15) is 54.4 Å². The summed E-state index contributed by atoms with van der Waals surface area (Å²) >= 11 is 0. The lowest BCUT2D eigenvalue weighted by Gasteiger charge is -2.15. The molecule has 0 fully saturated rings. The molecule has 0 saturated heterocycles. The highest BCUT2D eigenvalue weighted by Crippen LogP contribution is 2.24. The fraction of sp³-hybridized carbons (Fsp3) is 0.600. The van der Waals surface area contributed by atoms with E-state index in [1.807, 2.05) is 19.9 Å². The van der Waals surface area contributed by atoms with Crippen molar-refractivity contribution < 1.29 is 0 Å². The minimum absolute atomic E-state index is 0.597. The van der Waals surface area contributed by atoms with Gasteiger partial charge in [-0.05, 0) is 42.9 Å². The van der Waals surface area contributed by atoms with E-state index in [2.05, 4.69) is 40.9 Å². The Balaban J connectivity index is 0. The molecule has 1 unspecified atom stereocenters. The molecular formula is C15H28. The van der Waals surface area contributed by atoms with Gasteiger partial charge in [0.25, 0.3) is 0 Å². The predicted octanol–water partition coefficient (Wildman–Crippen LogP) is 5.53. The molecular weight excluding hydrogens is 180 g/mol. The van der Waals surface area contributed by atoms with Gasteiger partial charge >= 0.3 is 0 Å². The second-order valence-corrected chi connectivity index (χ2v) is 3.73. The lowest BCUT2D eigenvalue weighted by Crippen LogP contribution is -2.00. The summed E-state index contributed by atoms with van der Waals surface area (Å²) in [6, 6.07) is 0. The second-order valence-electron chi connectivity index (χ2n) is 3.73. The summed E-state index contributed by atoms with van der Waals surface area (Å²) in [6.07, 6.45) is 4.35. The molecule has 0 aromatic heterocycles. The van der Waals surface area contributed by atoms with Gasteiger partial charge in [-0.1, -0.05) is 53.3 Å². The van der Waals surface area contributed by atoms with E-state index in [1.165, 1.54) is 29.6 Å². The molecule has 0 radical (unpaired) electrons. The summed E-state index contributed by atoms with van der Waals surface area (Å²) in [7, 11) is 0. The van der Waals surface area contributed by atoms with E-state index in [0.29, 0.717) is 5.92 Å². The first-order valence-corrected chi connectivity index (χ1v) is 6.03. The van der Waals surface area contributed by atoms with Crippen molar-refractivity contribution >= 4 is 0 Å². The van der Waals surface area contributed by atoms with Gasteiger partial charge in [0.15, 0.2) is 0 Å². The topological polar surface area (TPSA) is 0 Å². The number of hydrogen-bond acceptors (Lipinski definition) is 0. The Hall–Kier alpha value is -0.780. The SMILES string of the molecule is C=C/C(C)=C(/C)C(=C)C(C)CCC.CC. The Morgan fingerprint density at radius 1 is 1.27 bits per heavy atom. The molecule has 0 saturated carbocycles. The Kier molecular flexibility index (Phi) is 10.8. The van der Waals surface area contributed by atoms with Gasteiger partial charge in [-0.15, -0.1) is 0 Å². The maximum Gasteiger partial charge on any atom is -0.0194 e. The minimum Gasteiger partial charge on any atom is -0.0988 e. The van der Waals surface area contributed by atoms with E-state index < -0.39 is 0 Å². The molecule has 0 aromatic rings. The zero-order valence-corrected chi connectivity index (χ0v) is 11.5. The summed E-state index contributed by atoms with van der Waals surface area (Å²) in [5, 5.41) is 0. The fourth-order valence-electron chi connectivity index (χ4n) is 1.38. The number of hydrogen-bond donors (Lipinski definition) is 0. The molecule has 0 spiro atoms. The van der Waals surface area contributed by atoms with Gasteiger partial charge in [-0.3, -0.25) is 0 Å². The Labute approximate surface area is 96.8 Å². The summed E-state index contributed by atoms with van der Waals surface area (Å²) in [4.78, 5) is 0. The standard InChI is InChI=1S/C13H22.C2H6/c1-7-9-11(4)13(6)12(5)10(3)8-2;1-2/h8,11H,2,6-7,9H2,1,3-5H3;1-2H3/b12-10-;. The van der Waals surface area contributed by atoms with Gasteiger partial charge in [0.2, 0.25) is 0 Å². The quantitative estimate of drug-likeness (QED) is 0.521. The number of rotatable bonds is 5. The van der Waals surface area contributed by atoms with E-state index in [0.717, 1.165) is 0 Å². The highest BCUT2D eigenvalue weighted by atomic mass is 14.1. The van der Waals surface area contributed by atoms with Gasteiger partial charge in [-0.2, -0.15) is 0 Å². The van der Waals surface area contributed by atoms with Crippen LogP contribution in [0.3, 0.4) is 0 Å². The molecule has 0 aliphatic heterocycles. The predicted molar refractivity (Wildman–Crippen MR) is 73.1 cm³/mol. The summed E-state index contributed by atoms with van der Waals surface area (Å²) in [5.41, 5.74) is 3.81. The smallest absolute Gasteiger partial charge is 0.0194 e. The van der Waals surface area contributed by atoms with Crippen LogP contribution in [0.2, 0.25) is 0 Å². The Morgan fingerprint density at radius 3 is 2.07 bits per heavy atom. The van der Waals surface area contributed by atoms with Crippen LogP contribution in [0.15, 0.2) is 36.0 Å². The van der Waals surface area contributed by atoms with Gasteiger partial charge in [0.05, 0.1) is 0 Å². The van der Waals surface area contributed by atoms with Crippen molar-refractivity contribution in [1.82, 2.24) is 0 Å². The van der Waals surface area contributed by atoms with E-state index in [1.54, 1.807) is 0 Å². The molecule has 0 aliphatic rings. The van der Waals surface area contributed by atoms with Crippen LogP contribution in [0.25, 0.3) is 0 Å². The molecule has 0 amide bonds. The minimum atomic E-state index is 0.597. The molecule has 0 aromatic carbocycles. The van der Waals surface area contributed by atoms with Crippen LogP contribution >= 0.6 is 0 Å². The zero-order valence-electron chi connectivity index (χ0n) is 11.5. The monoisotopic (exact) mass is 208 g/mol. The third-order valence-corrected chi connectivity index (χ3v) is 2.70. The molecule has 0 bridgehead atoms. The summed E-state index contributed by atoms with van der Waals surface area (Å²) < 4.78 is 0. The lowest BCUT2D eigenvalue weighted by atomic mass is 9.90. The van der Waals surface area contributed by atoms with Crippen molar-refractivity contribution in [2.45, 2.75) is 54.4 Å². The average Bonchev–Trinajstić information content (AvgIpc) is 2.29. The van der Waals surface area contributed by atoms with Crippen molar-refractivity contribution in [2.24, 2.45) is 5.92 Å². The number of allylic oxidation sites excluding steroid dienone is 4. The third kappa shape index (κ3) is 6.33. The molecule has 15 heavy (non-hydrogen) atoms. The average molecular weight is 208 g/mol. The molecule has 0 heterocycles. The maximum absolute atomic E-state index is 4.14. The zero-order chi connectivity index (χ0) is 12.4. The molecule has 0 rings (SSSR count). The molecule has 88 valence electrons. The largest absolute Gasteiger partial charge is 0.0988 e. The van der Waals surface area contributed by atoms with E-state index in [4.69, 9.17) is 0 Å². The van der Waals surface area contributed by atoms with Crippen LogP contribution in [0, 0.1) is 5.92 Å². The maximum atomic E-state index is 4.14. The van der Waals surface area contributed by atoms with E-state index in [-0.39, 0.29) is 0 Å². The Morgan fingerprint density at radius 2 is 1.73 bits per heavy atom. The molecule has 0 nitrogen and oxygen atoms in total. The third-order valence-electron chi connectivity index (χ3n) is 2.70. The van der Waals surface area contributed by atoms with E-state index >= 15 is 0 Å². The van der Waals surface area contributed by atoms with Crippen molar-refractivity contribution in [3.05, 3.63) is 36.0 Å². The summed E-state index contributed by atoms with van der Waals surface area (Å²) in [6.45, 7) is 20.6. The molecule has 0 N–H and O–H groups in total. The van der Waals surface area contributed by atoms with Crippen molar-refractivity contribution in [2.75, 3.05) is 0 Å². The van der Waals surface area contributed by atoms with Crippen LogP contribution in [-0.4, -0.2) is 0 Å². The second kappa shape index (κ2) is 9.76. The van der Waals surface area contributed by atoms with Crippen LogP contribution < -0.4 is 0 Å². The summed E-state index contributed by atoms with van der Waals surface area (Å²) in [5.74, 6) is 0.597. The highest BCUT2D eigenvalue weighted by molar-refractivity contribution is 5.36. The molecule has 0 aliphatic carbocycles. The van der Waals surface area contributed by atoms with Crippen LogP contribution in [0.5, 0.6) is 0 Å². The van der Waals surface area contributed by atoms with Gasteiger partial charge in [0, 0.05) is 0 Å². The van der Waals surface area contributed by atoms with Gasteiger partial charge in [-0.25, -0.2) is 0 Å². The Bertz CT molecular complexity index is 218. The fourth-order valence-corrected chi connectivity index (χ4v) is 1.38. The van der Waals surface area contributed by atoms with Gasteiger partial charge in [0.1, 0.15) is 0 Å². The highest BCUT2D eigenvalue weighted by Gasteiger charge is 2.07. The first-order chi connectivity index (χ1) is 7.04. The lowest BCUT2D eigenvalue weighted by molar-refractivity contribution is 0.608. The van der Waals surface area contributed by atoms with Crippen molar-refractivity contribution in [3.8, 4) is 0 Å². The molecule has 0 heteroatoms. The van der Waals surface area contributed by atoms with Crippen molar-refractivity contribution in [3.63, 3.8) is 0 Å². The first-order valence-electron chi connectivity index (χ1n) is 6.03. The van der Waals surface area contributed by atoms with Crippen LogP contribution in [-0.2, 0) is 0 Å². The van der Waals surface area contributed by atoms with Crippen LogP contribution in [0.4, 0.5) is 0 Å². The first kappa shape index (κ1) is 16.6. The normalized spacial score (nSPS) is 13.2.